The molecule has 114 valence electrons. The van der Waals surface area contributed by atoms with Gasteiger partial charge in [0.25, 0.3) is 0 Å². The lowest BCUT2D eigenvalue weighted by molar-refractivity contribution is 0.00578. The highest BCUT2D eigenvalue weighted by Gasteiger charge is 2.53. The molecule has 1 aliphatic heterocycles. The van der Waals surface area contributed by atoms with Gasteiger partial charge in [0.15, 0.2) is 0 Å². The van der Waals surface area contributed by atoms with Crippen LogP contribution in [0.2, 0.25) is 0 Å². The number of thiazole rings is 1. The van der Waals surface area contributed by atoms with Crippen molar-refractivity contribution in [2.75, 3.05) is 0 Å². The topological polar surface area (TPSA) is 43.7 Å². The Morgan fingerprint density at radius 3 is 2.36 bits per heavy atom. The minimum Gasteiger partial charge on any atom is -0.398 e. The van der Waals surface area contributed by atoms with Gasteiger partial charge in [-0.05, 0) is 33.3 Å². The number of hydrogen-bond donors (Lipinski definition) is 0. The van der Waals surface area contributed by atoms with Gasteiger partial charge in [0.2, 0.25) is 0 Å². The summed E-state index contributed by atoms with van der Waals surface area (Å²) in [5, 5.41) is 0.822. The van der Waals surface area contributed by atoms with Crippen LogP contribution in [0.4, 0.5) is 5.00 Å². The molecule has 0 N–H and O–H groups in total. The minimum atomic E-state index is -0.473. The van der Waals surface area contributed by atoms with E-state index in [0.717, 1.165) is 16.2 Å². The van der Waals surface area contributed by atoms with Gasteiger partial charge in [-0.1, -0.05) is 30.3 Å². The molecule has 0 bridgehead atoms. The second kappa shape index (κ2) is 5.61. The molecule has 2 heterocycles. The average Bonchev–Trinajstić information content (AvgIpc) is 3.00. The first-order valence-corrected chi connectivity index (χ1v) is 8.15. The molecule has 1 saturated heterocycles. The van der Waals surface area contributed by atoms with Crippen molar-refractivity contribution in [1.29, 1.82) is 0 Å². The largest absolute Gasteiger partial charge is 0.517 e. The summed E-state index contributed by atoms with van der Waals surface area (Å²) in [4.78, 5) is 8.94. The van der Waals surface area contributed by atoms with E-state index in [4.69, 9.17) is 9.31 Å². The Morgan fingerprint density at radius 2 is 1.73 bits per heavy atom. The summed E-state index contributed by atoms with van der Waals surface area (Å²) >= 11 is 1.49. The first-order chi connectivity index (χ1) is 10.4. The molecule has 0 aliphatic carbocycles. The van der Waals surface area contributed by atoms with Crippen molar-refractivity contribution in [3.8, 4) is 0 Å². The molecule has 3 rings (SSSR count). The fourth-order valence-corrected chi connectivity index (χ4v) is 2.78. The molecular formula is C16H19BN2O2S. The van der Waals surface area contributed by atoms with Crippen LogP contribution in [0.1, 0.15) is 33.3 Å². The monoisotopic (exact) mass is 314 g/mol. The molecule has 0 amide bonds. The number of aliphatic imine (C=N–C) groups is 1. The minimum absolute atomic E-state index is 0.373. The highest BCUT2D eigenvalue weighted by atomic mass is 32.1. The molecule has 2 aromatic rings. The molecule has 0 unspecified atom stereocenters. The highest BCUT2D eigenvalue weighted by Crippen LogP contribution is 2.37. The van der Waals surface area contributed by atoms with Crippen LogP contribution in [0.5, 0.6) is 0 Å². The fourth-order valence-electron chi connectivity index (χ4n) is 2.13. The van der Waals surface area contributed by atoms with Crippen molar-refractivity contribution in [2.45, 2.75) is 38.9 Å². The van der Waals surface area contributed by atoms with Gasteiger partial charge in [-0.2, -0.15) is 0 Å². The normalized spacial score (nSPS) is 19.9. The van der Waals surface area contributed by atoms with Gasteiger partial charge < -0.3 is 9.31 Å². The van der Waals surface area contributed by atoms with E-state index in [9.17, 15) is 0 Å². The Bertz CT molecular complexity index is 666. The van der Waals surface area contributed by atoms with Gasteiger partial charge in [-0.25, -0.2) is 4.99 Å². The molecule has 0 atom stereocenters. The van der Waals surface area contributed by atoms with Crippen molar-refractivity contribution in [3.05, 3.63) is 41.4 Å². The fraction of sp³-hybridized carbons (Fsp3) is 0.375. The lowest BCUT2D eigenvalue weighted by atomic mass is 9.85. The summed E-state index contributed by atoms with van der Waals surface area (Å²) in [7, 11) is -0.473. The molecule has 1 aromatic heterocycles. The molecule has 0 saturated carbocycles. The van der Waals surface area contributed by atoms with Crippen LogP contribution in [0.3, 0.4) is 0 Å². The van der Waals surface area contributed by atoms with Gasteiger partial charge in [0, 0.05) is 6.21 Å². The molecule has 22 heavy (non-hydrogen) atoms. The highest BCUT2D eigenvalue weighted by molar-refractivity contribution is 7.15. The third-order valence-electron chi connectivity index (χ3n) is 4.18. The van der Waals surface area contributed by atoms with Gasteiger partial charge in [0.1, 0.15) is 10.6 Å². The maximum atomic E-state index is 6.05. The first kappa shape index (κ1) is 15.4. The van der Waals surface area contributed by atoms with Crippen molar-refractivity contribution >= 4 is 35.3 Å². The van der Waals surface area contributed by atoms with Crippen LogP contribution in [0.15, 0.2) is 40.8 Å². The van der Waals surface area contributed by atoms with E-state index in [1.807, 2.05) is 64.2 Å². The Hall–Kier alpha value is -1.50. The third-order valence-corrected chi connectivity index (χ3v) is 4.93. The van der Waals surface area contributed by atoms with Gasteiger partial charge in [-0.15, -0.1) is 11.3 Å². The molecule has 1 aliphatic rings. The Labute approximate surface area is 135 Å². The van der Waals surface area contributed by atoms with E-state index in [0.29, 0.717) is 0 Å². The van der Waals surface area contributed by atoms with Crippen LogP contribution in [0.25, 0.3) is 0 Å². The third kappa shape index (κ3) is 2.86. The van der Waals surface area contributed by atoms with Crippen LogP contribution in [-0.2, 0) is 9.31 Å². The lowest BCUT2D eigenvalue weighted by Crippen LogP contribution is -2.41. The number of rotatable bonds is 3. The van der Waals surface area contributed by atoms with Crippen molar-refractivity contribution in [1.82, 2.24) is 4.98 Å². The van der Waals surface area contributed by atoms with Crippen molar-refractivity contribution in [2.24, 2.45) is 4.99 Å². The predicted molar refractivity (Wildman–Crippen MR) is 91.5 cm³/mol. The standard InChI is InChI=1S/C16H19BN2O2S/c1-15(2)16(3,4)21-17(20-15)13-14(22-11-19-13)18-10-12-8-6-5-7-9-12/h5-11H,1-4H3/b18-10-. The zero-order chi connectivity index (χ0) is 15.8. The van der Waals surface area contributed by atoms with E-state index in [-0.39, 0.29) is 11.2 Å². The summed E-state index contributed by atoms with van der Waals surface area (Å²) in [5.41, 5.74) is 2.83. The number of aromatic nitrogens is 1. The molecular weight excluding hydrogens is 295 g/mol. The smallest absolute Gasteiger partial charge is 0.398 e. The van der Waals surface area contributed by atoms with E-state index < -0.39 is 7.12 Å². The summed E-state index contributed by atoms with van der Waals surface area (Å²) in [6.45, 7) is 8.14. The number of benzene rings is 1. The predicted octanol–water partition coefficient (Wildman–Crippen LogP) is 3.19. The zero-order valence-corrected chi connectivity index (χ0v) is 14.1. The van der Waals surface area contributed by atoms with Crippen LogP contribution in [-0.4, -0.2) is 29.5 Å². The summed E-state index contributed by atoms with van der Waals surface area (Å²) < 4.78 is 12.1. The van der Waals surface area contributed by atoms with E-state index in [2.05, 4.69) is 9.98 Å². The van der Waals surface area contributed by atoms with Crippen molar-refractivity contribution in [3.63, 3.8) is 0 Å². The number of nitrogens with zero attached hydrogens (tertiary/aromatic N) is 2. The SMILES string of the molecule is CC1(C)OB(c2ncsc2/N=C\c2ccccc2)OC1(C)C. The molecule has 1 aromatic carbocycles. The van der Waals surface area contributed by atoms with Gasteiger partial charge in [0.05, 0.1) is 16.7 Å². The molecule has 0 spiro atoms. The van der Waals surface area contributed by atoms with Gasteiger partial charge in [-0.3, -0.25) is 4.98 Å². The van der Waals surface area contributed by atoms with Crippen LogP contribution in [0, 0.1) is 0 Å². The first-order valence-electron chi connectivity index (χ1n) is 7.27. The molecule has 4 nitrogen and oxygen atoms in total. The molecule has 0 radical (unpaired) electrons. The van der Waals surface area contributed by atoms with Gasteiger partial charge >= 0.3 is 7.12 Å². The van der Waals surface area contributed by atoms with Crippen LogP contribution >= 0.6 is 11.3 Å². The maximum Gasteiger partial charge on any atom is 0.517 e. The lowest BCUT2D eigenvalue weighted by Gasteiger charge is -2.32. The second-order valence-electron chi connectivity index (χ2n) is 6.30. The second-order valence-corrected chi connectivity index (χ2v) is 7.13. The molecule has 6 heteroatoms. The van der Waals surface area contributed by atoms with Crippen LogP contribution < -0.4 is 5.59 Å². The van der Waals surface area contributed by atoms with Crippen molar-refractivity contribution < 1.29 is 9.31 Å². The Balaban J connectivity index is 1.83. The van der Waals surface area contributed by atoms with E-state index in [1.54, 1.807) is 5.51 Å². The maximum absolute atomic E-state index is 6.05. The summed E-state index contributed by atoms with van der Waals surface area (Å²) in [6, 6.07) is 9.99. The Morgan fingerprint density at radius 1 is 1.09 bits per heavy atom. The quantitative estimate of drug-likeness (QED) is 0.645. The molecule has 1 fully saturated rings. The number of hydrogen-bond acceptors (Lipinski definition) is 5. The summed E-state index contributed by atoms with van der Waals surface area (Å²) in [6.07, 6.45) is 1.84. The van der Waals surface area contributed by atoms with E-state index in [1.165, 1.54) is 11.3 Å². The average molecular weight is 314 g/mol. The zero-order valence-electron chi connectivity index (χ0n) is 13.2. The van der Waals surface area contributed by atoms with E-state index >= 15 is 0 Å². The summed E-state index contributed by atoms with van der Waals surface area (Å²) in [5.74, 6) is 0. The Kier molecular flexibility index (Phi) is 3.93.